The molecule has 3 aromatic heterocycles. The number of hydrogen-bond acceptors (Lipinski definition) is 3. The number of hydrogen-bond donors (Lipinski definition) is 0. The first-order chi connectivity index (χ1) is 24.2. The highest BCUT2D eigenvalue weighted by Gasteiger charge is 2.25. The summed E-state index contributed by atoms with van der Waals surface area (Å²) in [5, 5.41) is 11.9. The maximum atomic E-state index is 6.58. The summed E-state index contributed by atoms with van der Waals surface area (Å²) < 4.78 is 2.36. The fraction of sp³-hybridized carbons (Fsp3) is 0. The van der Waals surface area contributed by atoms with Crippen LogP contribution in [0.3, 0.4) is 0 Å². The summed E-state index contributed by atoms with van der Waals surface area (Å²) in [5.41, 5.74) is 6.08. The summed E-state index contributed by atoms with van der Waals surface area (Å²) in [6, 6.07) is 55.9. The van der Waals surface area contributed by atoms with Crippen LogP contribution in [0.4, 0.5) is 0 Å². The molecule has 7 aromatic carbocycles. The Kier molecular flexibility index (Phi) is 6.33. The van der Waals surface area contributed by atoms with E-state index < -0.39 is 6.04 Å². The van der Waals surface area contributed by atoms with Crippen molar-refractivity contribution in [2.75, 3.05) is 0 Å². The normalized spacial score (nSPS) is 12.2. The first-order valence-corrected chi connectivity index (χ1v) is 19.2. The molecule has 10 aromatic rings. The second-order valence-electron chi connectivity index (χ2n) is 12.6. The summed E-state index contributed by atoms with van der Waals surface area (Å²) in [5.74, 6) is 0. The van der Waals surface area contributed by atoms with E-state index in [1.807, 2.05) is 18.3 Å². The summed E-state index contributed by atoms with van der Waals surface area (Å²) in [6.07, 6.45) is 2.00. The molecule has 230 valence electrons. The van der Waals surface area contributed by atoms with Crippen molar-refractivity contribution in [1.29, 1.82) is 0 Å². The quantitative estimate of drug-likeness (QED) is 0.107. The second-order valence-corrected chi connectivity index (χ2v) is 17.0. The molecule has 0 amide bonds. The molecule has 0 saturated heterocycles. The zero-order valence-electron chi connectivity index (χ0n) is 26.4. The minimum atomic E-state index is -2.28. The number of imidazole rings is 1. The SMILES string of the molecule is S=P(c1ccccc1)(c1ccccc1)c1ccc(-c2ccc3nc4c5c6ccccc6ccc5c5cc6ccccc6cc5n4c3c2)nc1. The Labute approximate surface area is 288 Å². The van der Waals surface area contributed by atoms with Gasteiger partial charge < -0.3 is 0 Å². The van der Waals surface area contributed by atoms with Gasteiger partial charge in [0.2, 0.25) is 0 Å². The van der Waals surface area contributed by atoms with Crippen molar-refractivity contribution >= 4 is 93.7 Å². The number of fused-ring (bicyclic) bond motifs is 11. The van der Waals surface area contributed by atoms with Gasteiger partial charge in [0.05, 0.1) is 22.2 Å². The molecule has 3 heterocycles. The predicted octanol–water partition coefficient (Wildman–Crippen LogP) is 9.92. The lowest BCUT2D eigenvalue weighted by atomic mass is 9.98. The van der Waals surface area contributed by atoms with Crippen molar-refractivity contribution in [3.63, 3.8) is 0 Å². The summed E-state index contributed by atoms with van der Waals surface area (Å²) >= 11 is 6.58. The summed E-state index contributed by atoms with van der Waals surface area (Å²) in [4.78, 5) is 10.4. The van der Waals surface area contributed by atoms with Gasteiger partial charge in [-0.15, -0.1) is 0 Å². The molecule has 0 fully saturated rings. The van der Waals surface area contributed by atoms with Crippen molar-refractivity contribution < 1.29 is 0 Å². The molecule has 3 nitrogen and oxygen atoms in total. The highest BCUT2D eigenvalue weighted by atomic mass is 32.4. The van der Waals surface area contributed by atoms with Gasteiger partial charge in [-0.05, 0) is 73.9 Å². The average Bonchev–Trinajstić information content (AvgIpc) is 3.56. The molecule has 0 N–H and O–H groups in total. The number of pyridine rings is 2. The molecular formula is C44H28N3PS. The Morgan fingerprint density at radius 2 is 1.16 bits per heavy atom. The smallest absolute Gasteiger partial charge is 0.147 e. The summed E-state index contributed by atoms with van der Waals surface area (Å²) in [6.45, 7) is 0. The zero-order chi connectivity index (χ0) is 32.5. The van der Waals surface area contributed by atoms with Crippen LogP contribution in [0.25, 0.3) is 71.2 Å². The zero-order valence-corrected chi connectivity index (χ0v) is 28.1. The molecule has 0 aliphatic heterocycles. The lowest BCUT2D eigenvalue weighted by Gasteiger charge is -2.23. The van der Waals surface area contributed by atoms with Gasteiger partial charge in [0.15, 0.2) is 0 Å². The number of aromatic nitrogens is 3. The third kappa shape index (κ3) is 4.31. The Balaban J connectivity index is 1.21. The molecule has 0 atom stereocenters. The molecule has 0 saturated carbocycles. The first kappa shape index (κ1) is 28.4. The minimum Gasteiger partial charge on any atom is -0.292 e. The standard InChI is InChI=1S/C44H28N3PS/c49-48(33-14-3-1-4-15-33,34-16-5-2-6-17-34)35-21-24-39(45-28-35)32-20-23-40-42(27-32)47-41-26-31-13-8-7-12-30(31)25-38(41)37-22-19-29-11-9-10-18-36(29)43(37)44(47)46-40/h1-28H. The van der Waals surface area contributed by atoms with Crippen LogP contribution in [0.1, 0.15) is 0 Å². The van der Waals surface area contributed by atoms with E-state index in [-0.39, 0.29) is 0 Å². The number of benzene rings is 7. The van der Waals surface area contributed by atoms with Crippen molar-refractivity contribution in [2.45, 2.75) is 0 Å². The van der Waals surface area contributed by atoms with Crippen LogP contribution in [0.2, 0.25) is 0 Å². The molecule has 49 heavy (non-hydrogen) atoms. The van der Waals surface area contributed by atoms with E-state index in [9.17, 15) is 0 Å². The second kappa shape index (κ2) is 10.9. The van der Waals surface area contributed by atoms with E-state index in [1.165, 1.54) is 37.7 Å². The molecule has 0 bridgehead atoms. The Morgan fingerprint density at radius 3 is 1.88 bits per heavy atom. The predicted molar refractivity (Wildman–Crippen MR) is 212 cm³/mol. The molecule has 0 aliphatic carbocycles. The van der Waals surface area contributed by atoms with Crippen LogP contribution < -0.4 is 15.9 Å². The van der Waals surface area contributed by atoms with Gasteiger partial charge in [-0.2, -0.15) is 0 Å². The van der Waals surface area contributed by atoms with Crippen LogP contribution in [0, 0.1) is 0 Å². The Bertz CT molecular complexity index is 2910. The minimum absolute atomic E-state index is 0.907. The lowest BCUT2D eigenvalue weighted by molar-refractivity contribution is 1.31. The Morgan fingerprint density at radius 1 is 0.490 bits per heavy atom. The van der Waals surface area contributed by atoms with Gasteiger partial charge in [-0.1, -0.05) is 139 Å². The van der Waals surface area contributed by atoms with Gasteiger partial charge >= 0.3 is 0 Å². The van der Waals surface area contributed by atoms with Crippen molar-refractivity contribution in [2.24, 2.45) is 0 Å². The van der Waals surface area contributed by atoms with Crippen LogP contribution in [-0.2, 0) is 11.8 Å². The van der Waals surface area contributed by atoms with Crippen molar-refractivity contribution in [3.05, 3.63) is 170 Å². The van der Waals surface area contributed by atoms with Crippen molar-refractivity contribution in [3.8, 4) is 11.3 Å². The lowest BCUT2D eigenvalue weighted by Crippen LogP contribution is -2.25. The summed E-state index contributed by atoms with van der Waals surface area (Å²) in [7, 11) is 0. The highest BCUT2D eigenvalue weighted by Crippen LogP contribution is 2.43. The van der Waals surface area contributed by atoms with Crippen LogP contribution in [0.15, 0.2) is 170 Å². The molecule has 0 spiro atoms. The van der Waals surface area contributed by atoms with Gasteiger partial charge in [-0.25, -0.2) is 4.98 Å². The molecular weight excluding hydrogens is 634 g/mol. The number of nitrogens with zero attached hydrogens (tertiary/aromatic N) is 3. The van der Waals surface area contributed by atoms with Gasteiger partial charge in [0, 0.05) is 33.9 Å². The maximum absolute atomic E-state index is 6.58. The average molecular weight is 662 g/mol. The van der Waals surface area contributed by atoms with E-state index in [1.54, 1.807) is 0 Å². The van der Waals surface area contributed by atoms with E-state index in [2.05, 4.69) is 156 Å². The third-order valence-corrected chi connectivity index (χ3v) is 14.8. The highest BCUT2D eigenvalue weighted by molar-refractivity contribution is 8.25. The van der Waals surface area contributed by atoms with Gasteiger partial charge in [0.25, 0.3) is 0 Å². The molecule has 0 radical (unpaired) electrons. The Hall–Kier alpha value is -5.67. The van der Waals surface area contributed by atoms with Crippen molar-refractivity contribution in [1.82, 2.24) is 14.4 Å². The fourth-order valence-electron chi connectivity index (χ4n) is 7.48. The van der Waals surface area contributed by atoms with E-state index in [0.717, 1.165) is 49.4 Å². The third-order valence-electron chi connectivity index (χ3n) is 9.85. The first-order valence-electron chi connectivity index (χ1n) is 16.4. The van der Waals surface area contributed by atoms with E-state index in [0.29, 0.717) is 0 Å². The van der Waals surface area contributed by atoms with E-state index in [4.69, 9.17) is 21.8 Å². The molecule has 10 rings (SSSR count). The van der Waals surface area contributed by atoms with Gasteiger partial charge in [-0.3, -0.25) is 9.38 Å². The van der Waals surface area contributed by atoms with Gasteiger partial charge in [0.1, 0.15) is 5.65 Å². The van der Waals surface area contributed by atoms with E-state index >= 15 is 0 Å². The fourth-order valence-corrected chi connectivity index (χ4v) is 11.1. The maximum Gasteiger partial charge on any atom is 0.147 e. The van der Waals surface area contributed by atoms with Crippen LogP contribution >= 0.6 is 6.04 Å². The topological polar surface area (TPSA) is 30.2 Å². The monoisotopic (exact) mass is 661 g/mol. The van der Waals surface area contributed by atoms with Crippen LogP contribution in [0.5, 0.6) is 0 Å². The van der Waals surface area contributed by atoms with Crippen LogP contribution in [-0.4, -0.2) is 14.4 Å². The molecule has 5 heteroatoms. The molecule has 0 unspecified atom stereocenters. The largest absolute Gasteiger partial charge is 0.292 e. The number of rotatable bonds is 4. The molecule has 0 aliphatic rings.